The Hall–Kier alpha value is -3.15. The number of hydrogen-bond donors (Lipinski definition) is 2. The first kappa shape index (κ1) is 17.7. The van der Waals surface area contributed by atoms with Crippen LogP contribution < -0.4 is 10.6 Å². The highest BCUT2D eigenvalue weighted by Crippen LogP contribution is 2.17. The van der Waals surface area contributed by atoms with Gasteiger partial charge in [0.15, 0.2) is 0 Å². The number of amides is 3. The average Bonchev–Trinajstić information content (AvgIpc) is 3.01. The van der Waals surface area contributed by atoms with Gasteiger partial charge in [0.25, 0.3) is 5.91 Å². The van der Waals surface area contributed by atoms with Gasteiger partial charge < -0.3 is 15.5 Å². The molecular formula is C20H21N3O3. The maximum atomic E-state index is 12.5. The van der Waals surface area contributed by atoms with Crippen LogP contribution in [0, 0.1) is 0 Å². The van der Waals surface area contributed by atoms with Gasteiger partial charge in [0.2, 0.25) is 11.8 Å². The van der Waals surface area contributed by atoms with Crippen molar-refractivity contribution in [1.29, 1.82) is 0 Å². The fraction of sp³-hybridized carbons (Fsp3) is 0.250. The van der Waals surface area contributed by atoms with Gasteiger partial charge in [0.1, 0.15) is 0 Å². The lowest BCUT2D eigenvalue weighted by atomic mass is 10.1. The molecule has 0 radical (unpaired) electrons. The van der Waals surface area contributed by atoms with E-state index in [0.717, 1.165) is 18.5 Å². The van der Waals surface area contributed by atoms with Crippen molar-refractivity contribution in [3.8, 4) is 0 Å². The summed E-state index contributed by atoms with van der Waals surface area (Å²) < 4.78 is 0. The second-order valence-corrected chi connectivity index (χ2v) is 6.33. The summed E-state index contributed by atoms with van der Waals surface area (Å²) in [6.07, 6.45) is 1.50. The molecule has 6 nitrogen and oxygen atoms in total. The molecule has 3 rings (SSSR count). The summed E-state index contributed by atoms with van der Waals surface area (Å²) in [4.78, 5) is 37.1. The summed E-state index contributed by atoms with van der Waals surface area (Å²) in [5, 5.41) is 5.51. The van der Waals surface area contributed by atoms with Crippen LogP contribution in [0.5, 0.6) is 0 Å². The molecular weight excluding hydrogens is 330 g/mol. The van der Waals surface area contributed by atoms with Crippen molar-refractivity contribution in [2.24, 2.45) is 0 Å². The van der Waals surface area contributed by atoms with Crippen molar-refractivity contribution in [2.75, 3.05) is 17.2 Å². The van der Waals surface area contributed by atoms with E-state index in [1.54, 1.807) is 30.3 Å². The van der Waals surface area contributed by atoms with Gasteiger partial charge in [-0.1, -0.05) is 12.1 Å². The molecule has 0 aliphatic carbocycles. The molecule has 0 bridgehead atoms. The van der Waals surface area contributed by atoms with E-state index >= 15 is 0 Å². The third kappa shape index (κ3) is 4.47. The van der Waals surface area contributed by atoms with E-state index in [0.29, 0.717) is 29.9 Å². The number of likely N-dealkylation sites (tertiary alicyclic amines) is 1. The highest BCUT2D eigenvalue weighted by Gasteiger charge is 2.20. The molecule has 1 saturated heterocycles. The molecule has 2 N–H and O–H groups in total. The van der Waals surface area contributed by atoms with Crippen LogP contribution in [0.4, 0.5) is 11.4 Å². The lowest BCUT2D eigenvalue weighted by Gasteiger charge is -2.16. The molecule has 0 aromatic heterocycles. The maximum Gasteiger partial charge on any atom is 0.255 e. The number of benzene rings is 2. The summed E-state index contributed by atoms with van der Waals surface area (Å²) in [6.45, 7) is 2.75. The van der Waals surface area contributed by atoms with E-state index in [2.05, 4.69) is 10.6 Å². The highest BCUT2D eigenvalue weighted by molar-refractivity contribution is 6.04. The molecule has 1 fully saturated rings. The van der Waals surface area contributed by atoms with Crippen molar-refractivity contribution in [3.63, 3.8) is 0 Å². The summed E-state index contributed by atoms with van der Waals surface area (Å²) in [5.41, 5.74) is 2.80. The van der Waals surface area contributed by atoms with Gasteiger partial charge in [-0.15, -0.1) is 0 Å². The molecule has 2 aromatic rings. The quantitative estimate of drug-likeness (QED) is 0.869. The van der Waals surface area contributed by atoms with Crippen LogP contribution in [0.1, 0.15) is 35.7 Å². The van der Waals surface area contributed by atoms with Gasteiger partial charge in [0, 0.05) is 43.4 Å². The topological polar surface area (TPSA) is 78.5 Å². The molecule has 3 amide bonds. The Morgan fingerprint density at radius 1 is 1.04 bits per heavy atom. The number of rotatable bonds is 5. The third-order valence-electron chi connectivity index (χ3n) is 4.20. The largest absolute Gasteiger partial charge is 0.338 e. The first-order valence-corrected chi connectivity index (χ1v) is 8.57. The van der Waals surface area contributed by atoms with E-state index in [4.69, 9.17) is 0 Å². The zero-order valence-corrected chi connectivity index (χ0v) is 14.6. The molecule has 0 atom stereocenters. The Kier molecular flexibility index (Phi) is 5.31. The van der Waals surface area contributed by atoms with Crippen LogP contribution in [0.2, 0.25) is 0 Å². The zero-order valence-electron chi connectivity index (χ0n) is 14.6. The predicted octanol–water partition coefficient (Wildman–Crippen LogP) is 3.02. The predicted molar refractivity (Wildman–Crippen MR) is 99.8 cm³/mol. The molecule has 1 aliphatic rings. The zero-order chi connectivity index (χ0) is 18.5. The van der Waals surface area contributed by atoms with Crippen molar-refractivity contribution >= 4 is 29.1 Å². The summed E-state index contributed by atoms with van der Waals surface area (Å²) in [7, 11) is 0. The van der Waals surface area contributed by atoms with Crippen LogP contribution in [-0.2, 0) is 16.1 Å². The summed E-state index contributed by atoms with van der Waals surface area (Å²) in [6, 6.07) is 14.2. The molecule has 1 heterocycles. The van der Waals surface area contributed by atoms with E-state index in [9.17, 15) is 14.4 Å². The van der Waals surface area contributed by atoms with Crippen LogP contribution in [-0.4, -0.2) is 29.2 Å². The highest BCUT2D eigenvalue weighted by atomic mass is 16.2. The Balaban J connectivity index is 1.65. The molecule has 26 heavy (non-hydrogen) atoms. The van der Waals surface area contributed by atoms with Crippen molar-refractivity contribution in [1.82, 2.24) is 4.90 Å². The summed E-state index contributed by atoms with van der Waals surface area (Å²) in [5.74, 6) is -0.193. The standard InChI is InChI=1S/C20H21N3O3/c1-14(24)21-17-7-9-18(10-8-17)22-20(26)16-5-2-4-15(12-16)13-23-11-3-6-19(23)25/h2,4-5,7-10,12H,3,6,11,13H2,1H3,(H,21,24)(H,22,26). The SMILES string of the molecule is CC(=O)Nc1ccc(NC(=O)c2cccc(CN3CCCC3=O)c2)cc1. The molecule has 134 valence electrons. The fourth-order valence-corrected chi connectivity index (χ4v) is 2.95. The normalized spacial score (nSPS) is 13.6. The van der Waals surface area contributed by atoms with Crippen LogP contribution in [0.3, 0.4) is 0 Å². The smallest absolute Gasteiger partial charge is 0.255 e. The van der Waals surface area contributed by atoms with Crippen LogP contribution >= 0.6 is 0 Å². The number of hydrogen-bond acceptors (Lipinski definition) is 3. The first-order chi connectivity index (χ1) is 12.5. The molecule has 0 unspecified atom stereocenters. The van der Waals surface area contributed by atoms with E-state index in [1.165, 1.54) is 6.92 Å². The second-order valence-electron chi connectivity index (χ2n) is 6.33. The molecule has 2 aromatic carbocycles. The Bertz CT molecular complexity index is 830. The first-order valence-electron chi connectivity index (χ1n) is 8.57. The van der Waals surface area contributed by atoms with Gasteiger partial charge in [-0.05, 0) is 48.4 Å². The number of carbonyl (C=O) groups excluding carboxylic acids is 3. The minimum Gasteiger partial charge on any atom is -0.338 e. The van der Waals surface area contributed by atoms with E-state index in [-0.39, 0.29) is 17.7 Å². The van der Waals surface area contributed by atoms with Gasteiger partial charge in [-0.3, -0.25) is 14.4 Å². The molecule has 0 saturated carbocycles. The van der Waals surface area contributed by atoms with Gasteiger partial charge in [0.05, 0.1) is 0 Å². The molecule has 0 spiro atoms. The summed E-state index contributed by atoms with van der Waals surface area (Å²) >= 11 is 0. The molecule has 1 aliphatic heterocycles. The fourth-order valence-electron chi connectivity index (χ4n) is 2.95. The van der Waals surface area contributed by atoms with Crippen molar-refractivity contribution in [3.05, 3.63) is 59.7 Å². The second kappa shape index (κ2) is 7.82. The Morgan fingerprint density at radius 2 is 1.73 bits per heavy atom. The third-order valence-corrected chi connectivity index (χ3v) is 4.20. The number of nitrogens with zero attached hydrogens (tertiary/aromatic N) is 1. The Morgan fingerprint density at radius 3 is 2.35 bits per heavy atom. The maximum absolute atomic E-state index is 12.5. The Labute approximate surface area is 152 Å². The lowest BCUT2D eigenvalue weighted by molar-refractivity contribution is -0.128. The molecule has 6 heteroatoms. The average molecular weight is 351 g/mol. The number of anilines is 2. The van der Waals surface area contributed by atoms with E-state index < -0.39 is 0 Å². The van der Waals surface area contributed by atoms with Gasteiger partial charge in [-0.2, -0.15) is 0 Å². The lowest BCUT2D eigenvalue weighted by Crippen LogP contribution is -2.24. The van der Waals surface area contributed by atoms with Crippen molar-refractivity contribution < 1.29 is 14.4 Å². The minimum absolute atomic E-state index is 0.143. The number of nitrogens with one attached hydrogen (secondary N) is 2. The monoisotopic (exact) mass is 351 g/mol. The van der Waals surface area contributed by atoms with Crippen LogP contribution in [0.15, 0.2) is 48.5 Å². The number of carbonyl (C=O) groups is 3. The van der Waals surface area contributed by atoms with Gasteiger partial charge in [-0.25, -0.2) is 0 Å². The van der Waals surface area contributed by atoms with Crippen molar-refractivity contribution in [2.45, 2.75) is 26.3 Å². The minimum atomic E-state index is -0.216. The van der Waals surface area contributed by atoms with E-state index in [1.807, 2.05) is 23.1 Å². The van der Waals surface area contributed by atoms with Gasteiger partial charge >= 0.3 is 0 Å². The van der Waals surface area contributed by atoms with Crippen LogP contribution in [0.25, 0.3) is 0 Å².